The molecule has 0 N–H and O–H groups in total. The number of halogens is 1. The Labute approximate surface area is 211 Å². The van der Waals surface area contributed by atoms with Crippen LogP contribution in [-0.2, 0) is 21.4 Å². The third-order valence-corrected chi connectivity index (χ3v) is 7.54. The van der Waals surface area contributed by atoms with Gasteiger partial charge in [0.25, 0.3) is 5.91 Å². The molecule has 3 heterocycles. The molecule has 5 rings (SSSR count). The lowest BCUT2D eigenvalue weighted by atomic mass is 9.84. The van der Waals surface area contributed by atoms with Crippen LogP contribution in [0.3, 0.4) is 0 Å². The van der Waals surface area contributed by atoms with Gasteiger partial charge in [-0.25, -0.2) is 9.40 Å². The summed E-state index contributed by atoms with van der Waals surface area (Å²) in [6.45, 7) is 4.27. The minimum atomic E-state index is -0.345. The van der Waals surface area contributed by atoms with Crippen LogP contribution in [0.15, 0.2) is 47.7 Å². The number of morpholine rings is 1. The molecule has 36 heavy (non-hydrogen) atoms. The van der Waals surface area contributed by atoms with Gasteiger partial charge in [-0.2, -0.15) is 5.10 Å². The average molecular weight is 496 g/mol. The smallest absolute Gasteiger partial charge is 0.262 e. The maximum atomic E-state index is 13.7. The zero-order chi connectivity index (χ0) is 25.1. The Kier molecular flexibility index (Phi) is 7.48. The number of carbonyl (C=O) groups is 2. The molecule has 9 heteroatoms. The van der Waals surface area contributed by atoms with E-state index in [1.807, 2.05) is 29.9 Å². The monoisotopic (exact) mass is 495 g/mol. The molecule has 0 bridgehead atoms. The summed E-state index contributed by atoms with van der Waals surface area (Å²) in [5.74, 6) is -0.467. The summed E-state index contributed by atoms with van der Waals surface area (Å²) in [4.78, 5) is 31.0. The third-order valence-electron chi connectivity index (χ3n) is 7.54. The normalized spacial score (nSPS) is 20.8. The number of rotatable bonds is 8. The lowest BCUT2D eigenvalue weighted by molar-refractivity contribution is -0.145. The Hall–Kier alpha value is -3.04. The van der Waals surface area contributed by atoms with E-state index >= 15 is 0 Å². The molecule has 8 nitrogen and oxygen atoms in total. The molecule has 1 saturated heterocycles. The van der Waals surface area contributed by atoms with E-state index in [1.54, 1.807) is 17.0 Å². The van der Waals surface area contributed by atoms with Crippen molar-refractivity contribution < 1.29 is 18.7 Å². The lowest BCUT2D eigenvalue weighted by Gasteiger charge is -2.34. The van der Waals surface area contributed by atoms with Gasteiger partial charge in [0.1, 0.15) is 12.4 Å². The molecule has 1 saturated carbocycles. The molecule has 0 unspecified atom stereocenters. The molecule has 0 spiro atoms. The maximum absolute atomic E-state index is 13.7. The molecule has 2 aliphatic heterocycles. The second kappa shape index (κ2) is 10.9. The van der Waals surface area contributed by atoms with Crippen molar-refractivity contribution in [2.75, 3.05) is 45.9 Å². The zero-order valence-electron chi connectivity index (χ0n) is 20.8. The number of carbonyl (C=O) groups excluding carboxylic acids is 2. The first-order valence-corrected chi connectivity index (χ1v) is 12.8. The Morgan fingerprint density at radius 1 is 1.14 bits per heavy atom. The van der Waals surface area contributed by atoms with Gasteiger partial charge in [-0.15, -0.1) is 0 Å². The van der Waals surface area contributed by atoms with E-state index in [-0.39, 0.29) is 36.1 Å². The highest BCUT2D eigenvalue weighted by Gasteiger charge is 2.36. The Morgan fingerprint density at radius 2 is 1.89 bits per heavy atom. The van der Waals surface area contributed by atoms with Gasteiger partial charge < -0.3 is 14.2 Å². The molecule has 1 aliphatic carbocycles. The van der Waals surface area contributed by atoms with E-state index in [4.69, 9.17) is 9.84 Å². The highest BCUT2D eigenvalue weighted by atomic mass is 19.1. The van der Waals surface area contributed by atoms with Crippen LogP contribution in [0.2, 0.25) is 0 Å². The van der Waals surface area contributed by atoms with Crippen molar-refractivity contribution in [2.45, 2.75) is 31.7 Å². The number of hydrogen-bond donors (Lipinski definition) is 0. The van der Waals surface area contributed by atoms with E-state index in [1.165, 1.54) is 17.1 Å². The predicted molar refractivity (Wildman–Crippen MR) is 134 cm³/mol. The first-order chi connectivity index (χ1) is 17.5. The Morgan fingerprint density at radius 3 is 2.53 bits per heavy atom. The van der Waals surface area contributed by atoms with Crippen molar-refractivity contribution in [2.24, 2.45) is 18.1 Å². The van der Waals surface area contributed by atoms with Gasteiger partial charge in [0.05, 0.1) is 30.7 Å². The maximum Gasteiger partial charge on any atom is 0.262 e. The minimum Gasteiger partial charge on any atom is -0.379 e. The van der Waals surface area contributed by atoms with Crippen LogP contribution in [0.1, 0.15) is 43.0 Å². The van der Waals surface area contributed by atoms with Crippen LogP contribution in [-0.4, -0.2) is 82.8 Å². The number of nitrogens with zero attached hydrogens (tertiary/aromatic N) is 5. The van der Waals surface area contributed by atoms with Crippen LogP contribution in [0.4, 0.5) is 4.39 Å². The lowest BCUT2D eigenvalue weighted by Crippen LogP contribution is -2.49. The highest BCUT2D eigenvalue weighted by Crippen LogP contribution is 2.33. The SMILES string of the molecule is Cn1cccc1C1=NN(C(=O)CN(CCN2CCOCC2)C(=O)C2CCC2)[C@@H](c2ccc(F)cc2)C1. The molecule has 1 aromatic heterocycles. The van der Waals surface area contributed by atoms with E-state index in [0.717, 1.165) is 49.3 Å². The number of aryl methyl sites for hydroxylation is 1. The first kappa shape index (κ1) is 24.6. The largest absolute Gasteiger partial charge is 0.379 e. The quantitative estimate of drug-likeness (QED) is 0.565. The van der Waals surface area contributed by atoms with Crippen LogP contribution in [0.25, 0.3) is 0 Å². The molecule has 2 fully saturated rings. The van der Waals surface area contributed by atoms with Crippen LogP contribution in [0.5, 0.6) is 0 Å². The van der Waals surface area contributed by atoms with Gasteiger partial charge in [0.2, 0.25) is 5.91 Å². The summed E-state index contributed by atoms with van der Waals surface area (Å²) < 4.78 is 21.0. The van der Waals surface area contributed by atoms with E-state index in [2.05, 4.69) is 4.90 Å². The van der Waals surface area contributed by atoms with Crippen LogP contribution >= 0.6 is 0 Å². The van der Waals surface area contributed by atoms with Crippen molar-refractivity contribution in [3.63, 3.8) is 0 Å². The Bertz CT molecular complexity index is 1100. The van der Waals surface area contributed by atoms with Gasteiger partial charge in [-0.05, 0) is 42.7 Å². The number of hydrazone groups is 1. The number of hydrogen-bond acceptors (Lipinski definition) is 5. The second-order valence-electron chi connectivity index (χ2n) is 9.90. The molecule has 2 amide bonds. The molecule has 1 atom stereocenters. The van der Waals surface area contributed by atoms with Crippen molar-refractivity contribution in [3.05, 3.63) is 59.7 Å². The van der Waals surface area contributed by atoms with E-state index in [0.29, 0.717) is 32.7 Å². The van der Waals surface area contributed by atoms with Crippen molar-refractivity contribution in [1.29, 1.82) is 0 Å². The molecule has 3 aliphatic rings. The summed E-state index contributed by atoms with van der Waals surface area (Å²) in [6, 6.07) is 9.81. The summed E-state index contributed by atoms with van der Waals surface area (Å²) >= 11 is 0. The van der Waals surface area contributed by atoms with Gasteiger partial charge in [-0.1, -0.05) is 18.6 Å². The predicted octanol–water partition coefficient (Wildman–Crippen LogP) is 2.80. The van der Waals surface area contributed by atoms with E-state index in [9.17, 15) is 14.0 Å². The topological polar surface area (TPSA) is 70.4 Å². The van der Waals surface area contributed by atoms with Crippen LogP contribution in [0, 0.1) is 11.7 Å². The molecular weight excluding hydrogens is 461 g/mol. The van der Waals surface area contributed by atoms with Crippen molar-refractivity contribution in [3.8, 4) is 0 Å². The summed E-state index contributed by atoms with van der Waals surface area (Å²) in [5.41, 5.74) is 2.56. The number of aromatic nitrogens is 1. The van der Waals surface area contributed by atoms with Crippen molar-refractivity contribution >= 4 is 17.5 Å². The summed E-state index contributed by atoms with van der Waals surface area (Å²) in [7, 11) is 1.94. The third kappa shape index (κ3) is 5.37. The fourth-order valence-electron chi connectivity index (χ4n) is 5.10. The second-order valence-corrected chi connectivity index (χ2v) is 9.90. The minimum absolute atomic E-state index is 0.0105. The average Bonchev–Trinajstić information content (AvgIpc) is 3.48. The van der Waals surface area contributed by atoms with Gasteiger partial charge >= 0.3 is 0 Å². The molecule has 2 aromatic rings. The summed E-state index contributed by atoms with van der Waals surface area (Å²) in [5, 5.41) is 6.24. The van der Waals surface area contributed by atoms with E-state index < -0.39 is 0 Å². The molecule has 192 valence electrons. The van der Waals surface area contributed by atoms with Gasteiger partial charge in [-0.3, -0.25) is 14.5 Å². The van der Waals surface area contributed by atoms with Gasteiger partial charge in [0.15, 0.2) is 0 Å². The number of amides is 2. The van der Waals surface area contributed by atoms with Crippen molar-refractivity contribution in [1.82, 2.24) is 19.4 Å². The van der Waals surface area contributed by atoms with Crippen LogP contribution < -0.4 is 0 Å². The number of benzene rings is 1. The fourth-order valence-corrected chi connectivity index (χ4v) is 5.10. The zero-order valence-corrected chi connectivity index (χ0v) is 20.8. The molecule has 0 radical (unpaired) electrons. The highest BCUT2D eigenvalue weighted by molar-refractivity contribution is 6.02. The Balaban J connectivity index is 1.36. The summed E-state index contributed by atoms with van der Waals surface area (Å²) in [6.07, 6.45) is 5.31. The number of ether oxygens (including phenoxy) is 1. The molecular formula is C27H34FN5O3. The first-order valence-electron chi connectivity index (χ1n) is 12.8. The molecule has 1 aromatic carbocycles. The fraction of sp³-hybridized carbons (Fsp3) is 0.519. The standard InChI is InChI=1S/C27H34FN5O3/c1-30-11-3-6-24(30)23-18-25(20-7-9-22(28)10-8-20)33(29-23)26(34)19-32(27(35)21-4-2-5-21)13-12-31-14-16-36-17-15-31/h3,6-11,21,25H,2,4-5,12-19H2,1H3/t25-/m1/s1. The van der Waals surface area contributed by atoms with Gasteiger partial charge in [0, 0.05) is 51.8 Å².